The van der Waals surface area contributed by atoms with E-state index in [2.05, 4.69) is 15.8 Å². The monoisotopic (exact) mass is 428 g/mol. The number of carbonyl (C=O) groups excluding carboxylic acids is 1. The summed E-state index contributed by atoms with van der Waals surface area (Å²) in [5, 5.41) is 8.14. The molecule has 3 rings (SSSR count). The van der Waals surface area contributed by atoms with Crippen molar-refractivity contribution in [3.63, 3.8) is 0 Å². The van der Waals surface area contributed by atoms with Gasteiger partial charge in [-0.25, -0.2) is 5.43 Å². The Balaban J connectivity index is 1.66. The topological polar surface area (TPSA) is 58.4 Å². The number of aromatic nitrogens is 1. The van der Waals surface area contributed by atoms with Gasteiger partial charge in [-0.05, 0) is 51.1 Å². The van der Waals surface area contributed by atoms with Crippen molar-refractivity contribution in [2.45, 2.75) is 20.8 Å². The van der Waals surface area contributed by atoms with Gasteiger partial charge >= 0.3 is 0 Å². The van der Waals surface area contributed by atoms with Gasteiger partial charge in [0.1, 0.15) is 0 Å². The van der Waals surface area contributed by atoms with Crippen LogP contribution in [0.25, 0.3) is 5.69 Å². The van der Waals surface area contributed by atoms with Gasteiger partial charge in [0, 0.05) is 22.6 Å². The van der Waals surface area contributed by atoms with E-state index in [1.807, 2.05) is 67.8 Å². The van der Waals surface area contributed by atoms with Crippen molar-refractivity contribution in [3.05, 3.63) is 81.1 Å². The Kier molecular flexibility index (Phi) is 6.62. The molecule has 5 nitrogen and oxygen atoms in total. The Hall–Kier alpha value is -2.76. The molecule has 3 aromatic rings. The van der Waals surface area contributed by atoms with E-state index in [4.69, 9.17) is 23.2 Å². The molecule has 1 amide bonds. The lowest BCUT2D eigenvalue weighted by Gasteiger charge is -2.12. The fourth-order valence-electron chi connectivity index (χ4n) is 3.02. The second-order valence-electron chi connectivity index (χ2n) is 6.75. The minimum Gasteiger partial charge on any atom is -0.376 e. The summed E-state index contributed by atoms with van der Waals surface area (Å²) >= 11 is 12.5. The summed E-state index contributed by atoms with van der Waals surface area (Å²) in [6, 6.07) is 15.3. The number of aryl methyl sites for hydroxylation is 2. The van der Waals surface area contributed by atoms with E-state index in [-0.39, 0.29) is 12.5 Å². The lowest BCUT2D eigenvalue weighted by Crippen LogP contribution is -2.25. The maximum Gasteiger partial charge on any atom is 0.259 e. The lowest BCUT2D eigenvalue weighted by atomic mass is 10.2. The number of nitrogens with one attached hydrogen (secondary N) is 2. The molecule has 0 saturated carbocycles. The molecular formula is C22H22Cl2N4O. The van der Waals surface area contributed by atoms with Crippen LogP contribution in [-0.2, 0) is 4.79 Å². The van der Waals surface area contributed by atoms with E-state index < -0.39 is 0 Å². The molecule has 0 atom stereocenters. The van der Waals surface area contributed by atoms with Crippen molar-refractivity contribution < 1.29 is 4.79 Å². The first-order valence-electron chi connectivity index (χ1n) is 9.12. The molecule has 0 radical (unpaired) electrons. The zero-order valence-electron chi connectivity index (χ0n) is 16.5. The third-order valence-electron chi connectivity index (χ3n) is 4.54. The van der Waals surface area contributed by atoms with Crippen LogP contribution in [0.5, 0.6) is 0 Å². The molecule has 0 aliphatic rings. The van der Waals surface area contributed by atoms with Gasteiger partial charge < -0.3 is 9.88 Å². The van der Waals surface area contributed by atoms with Crippen molar-refractivity contribution in [3.8, 4) is 5.69 Å². The van der Waals surface area contributed by atoms with Crippen LogP contribution in [0.4, 0.5) is 5.69 Å². The van der Waals surface area contributed by atoms with Crippen LogP contribution in [0, 0.1) is 20.8 Å². The first kappa shape index (κ1) is 21.0. The quantitative estimate of drug-likeness (QED) is 0.414. The number of benzene rings is 2. The molecule has 0 unspecified atom stereocenters. The molecule has 0 aliphatic carbocycles. The van der Waals surface area contributed by atoms with Crippen molar-refractivity contribution in [1.29, 1.82) is 0 Å². The average molecular weight is 429 g/mol. The number of anilines is 1. The molecule has 150 valence electrons. The van der Waals surface area contributed by atoms with Gasteiger partial charge in [-0.2, -0.15) is 5.10 Å². The Morgan fingerprint density at radius 1 is 1.10 bits per heavy atom. The van der Waals surface area contributed by atoms with Crippen LogP contribution >= 0.6 is 23.2 Å². The average Bonchev–Trinajstić information content (AvgIpc) is 2.97. The highest BCUT2D eigenvalue weighted by Gasteiger charge is 2.13. The maximum atomic E-state index is 12.0. The van der Waals surface area contributed by atoms with Gasteiger partial charge in [0.2, 0.25) is 0 Å². The summed E-state index contributed by atoms with van der Waals surface area (Å²) in [5.41, 5.74) is 8.21. The van der Waals surface area contributed by atoms with Crippen LogP contribution in [0.2, 0.25) is 10.0 Å². The molecule has 0 fully saturated rings. The normalized spacial score (nSPS) is 11.1. The van der Waals surface area contributed by atoms with Crippen molar-refractivity contribution in [2.24, 2.45) is 5.10 Å². The Morgan fingerprint density at radius 2 is 1.83 bits per heavy atom. The van der Waals surface area contributed by atoms with Crippen molar-refractivity contribution >= 4 is 41.0 Å². The fraction of sp³-hybridized carbons (Fsp3) is 0.182. The summed E-state index contributed by atoms with van der Waals surface area (Å²) in [6.45, 7) is 6.10. The van der Waals surface area contributed by atoms with Gasteiger partial charge in [-0.1, -0.05) is 47.0 Å². The van der Waals surface area contributed by atoms with Crippen molar-refractivity contribution in [2.75, 3.05) is 11.9 Å². The highest BCUT2D eigenvalue weighted by Crippen LogP contribution is 2.31. The van der Waals surface area contributed by atoms with Crippen LogP contribution in [0.3, 0.4) is 0 Å². The predicted octanol–water partition coefficient (Wildman–Crippen LogP) is 5.27. The number of hydrazone groups is 1. The summed E-state index contributed by atoms with van der Waals surface area (Å²) in [7, 11) is 0. The zero-order valence-corrected chi connectivity index (χ0v) is 18.0. The Morgan fingerprint density at radius 3 is 2.55 bits per heavy atom. The number of nitrogens with zero attached hydrogens (tertiary/aromatic N) is 2. The molecule has 1 aromatic heterocycles. The summed E-state index contributed by atoms with van der Waals surface area (Å²) in [6.07, 6.45) is 1.63. The molecule has 1 heterocycles. The van der Waals surface area contributed by atoms with E-state index in [1.165, 1.54) is 5.56 Å². The molecule has 0 aliphatic heterocycles. The third-order valence-corrected chi connectivity index (χ3v) is 5.35. The largest absolute Gasteiger partial charge is 0.376 e. The molecule has 0 bridgehead atoms. The Labute approximate surface area is 180 Å². The smallest absolute Gasteiger partial charge is 0.259 e. The first-order chi connectivity index (χ1) is 13.9. The van der Waals surface area contributed by atoms with Crippen LogP contribution in [-0.4, -0.2) is 23.2 Å². The zero-order chi connectivity index (χ0) is 21.0. The highest BCUT2D eigenvalue weighted by molar-refractivity contribution is 6.43. The third kappa shape index (κ3) is 5.00. The van der Waals surface area contributed by atoms with Crippen LogP contribution in [0.1, 0.15) is 22.5 Å². The van der Waals surface area contributed by atoms with E-state index >= 15 is 0 Å². The number of hydrogen-bond acceptors (Lipinski definition) is 3. The molecule has 2 aromatic carbocycles. The number of rotatable bonds is 6. The van der Waals surface area contributed by atoms with E-state index in [0.717, 1.165) is 28.3 Å². The van der Waals surface area contributed by atoms with Crippen molar-refractivity contribution in [1.82, 2.24) is 9.99 Å². The van der Waals surface area contributed by atoms with Crippen LogP contribution in [0.15, 0.2) is 53.6 Å². The number of halogens is 2. The van der Waals surface area contributed by atoms with Gasteiger partial charge in [0.25, 0.3) is 5.91 Å². The maximum absolute atomic E-state index is 12.0. The molecule has 2 N–H and O–H groups in total. The fourth-order valence-corrected chi connectivity index (χ4v) is 3.40. The minimum absolute atomic E-state index is 0.136. The van der Waals surface area contributed by atoms with Gasteiger partial charge in [-0.15, -0.1) is 0 Å². The lowest BCUT2D eigenvalue weighted by molar-refractivity contribution is -0.119. The van der Waals surface area contributed by atoms with Gasteiger partial charge in [0.05, 0.1) is 28.5 Å². The molecule has 0 saturated heterocycles. The molecule has 7 heteroatoms. The van der Waals surface area contributed by atoms with E-state index in [1.54, 1.807) is 12.3 Å². The molecule has 0 spiro atoms. The highest BCUT2D eigenvalue weighted by atomic mass is 35.5. The second-order valence-corrected chi connectivity index (χ2v) is 7.53. The summed E-state index contributed by atoms with van der Waals surface area (Å²) in [5.74, 6) is -0.228. The Bertz CT molecular complexity index is 1060. The number of amides is 1. The standard InChI is InChI=1S/C22H22Cl2N4O/c1-14-7-9-18(10-8-14)25-13-21(29)27-26-12-17-11-15(2)28(16(17)3)20-6-4-5-19(23)22(20)24/h4-12,25H,13H2,1-3H3,(H,27,29)/b26-12-. The summed E-state index contributed by atoms with van der Waals surface area (Å²) < 4.78 is 2.01. The van der Waals surface area contributed by atoms with Crippen LogP contribution < -0.4 is 10.7 Å². The number of carbonyl (C=O) groups is 1. The SMILES string of the molecule is Cc1ccc(NCC(=O)N/N=C\c2cc(C)n(-c3cccc(Cl)c3Cl)c2C)cc1. The molecule has 29 heavy (non-hydrogen) atoms. The second kappa shape index (κ2) is 9.16. The van der Waals surface area contributed by atoms with E-state index in [0.29, 0.717) is 10.0 Å². The van der Waals surface area contributed by atoms with E-state index in [9.17, 15) is 4.79 Å². The molecular weight excluding hydrogens is 407 g/mol. The first-order valence-corrected chi connectivity index (χ1v) is 9.88. The summed E-state index contributed by atoms with van der Waals surface area (Å²) in [4.78, 5) is 12.0. The van der Waals surface area contributed by atoms with Gasteiger partial charge in [0.15, 0.2) is 0 Å². The number of hydrogen-bond donors (Lipinski definition) is 2. The predicted molar refractivity (Wildman–Crippen MR) is 121 cm³/mol. The van der Waals surface area contributed by atoms with Gasteiger partial charge in [-0.3, -0.25) is 4.79 Å². The minimum atomic E-state index is -0.228.